The van der Waals surface area contributed by atoms with Crippen LogP contribution in [0.1, 0.15) is 53.6 Å². The maximum absolute atomic E-state index is 13.0. The summed E-state index contributed by atoms with van der Waals surface area (Å²) in [5, 5.41) is 1.48. The van der Waals surface area contributed by atoms with Crippen molar-refractivity contribution in [2.75, 3.05) is 0 Å². The third-order valence-corrected chi connectivity index (χ3v) is 6.63. The number of benzene rings is 1. The highest BCUT2D eigenvalue weighted by Crippen LogP contribution is 2.45. The standard InChI is InChI=1S/C18H20OS/c19-18(13-10-14-6-3-7-15(11-13)20-14)17-9-2-5-12-4-1-8-16(12)17/h1-2,4-5,9,13-15H,3,6-8,10-11H2. The van der Waals surface area contributed by atoms with E-state index in [1.807, 2.05) is 12.1 Å². The van der Waals surface area contributed by atoms with E-state index in [4.69, 9.17) is 0 Å². The van der Waals surface area contributed by atoms with Crippen LogP contribution in [0.4, 0.5) is 0 Å². The lowest BCUT2D eigenvalue weighted by molar-refractivity contribution is 0.0896. The van der Waals surface area contributed by atoms with Gasteiger partial charge in [-0.1, -0.05) is 36.8 Å². The van der Waals surface area contributed by atoms with Gasteiger partial charge < -0.3 is 0 Å². The molecule has 2 fully saturated rings. The normalized spacial score (nSPS) is 31.1. The largest absolute Gasteiger partial charge is 0.294 e. The molecule has 20 heavy (non-hydrogen) atoms. The molecule has 2 unspecified atom stereocenters. The van der Waals surface area contributed by atoms with Crippen molar-refractivity contribution in [1.82, 2.24) is 0 Å². The van der Waals surface area contributed by atoms with Gasteiger partial charge in [0.15, 0.2) is 5.78 Å². The summed E-state index contributed by atoms with van der Waals surface area (Å²) in [6.45, 7) is 0. The van der Waals surface area contributed by atoms with Gasteiger partial charge in [-0.05, 0) is 43.2 Å². The number of ketones is 1. The SMILES string of the molecule is O=C(c1cccc2c1CC=C2)C1CC2CCCC(C1)S2. The van der Waals surface area contributed by atoms with E-state index in [-0.39, 0.29) is 5.92 Å². The summed E-state index contributed by atoms with van der Waals surface area (Å²) in [5.74, 6) is 0.696. The Balaban J connectivity index is 1.60. The molecule has 2 saturated heterocycles. The minimum atomic E-state index is 0.277. The van der Waals surface area contributed by atoms with Crippen LogP contribution < -0.4 is 0 Å². The number of allylic oxidation sites excluding steroid dienone is 1. The molecule has 2 atom stereocenters. The molecule has 2 aliphatic heterocycles. The highest BCUT2D eigenvalue weighted by Gasteiger charge is 2.36. The molecule has 0 radical (unpaired) electrons. The Hall–Kier alpha value is -1.02. The lowest BCUT2D eigenvalue weighted by Crippen LogP contribution is -2.33. The smallest absolute Gasteiger partial charge is 0.166 e. The van der Waals surface area contributed by atoms with Crippen molar-refractivity contribution in [3.63, 3.8) is 0 Å². The minimum Gasteiger partial charge on any atom is -0.294 e. The van der Waals surface area contributed by atoms with Crippen LogP contribution in [0.2, 0.25) is 0 Å². The van der Waals surface area contributed by atoms with Gasteiger partial charge in [0.1, 0.15) is 0 Å². The van der Waals surface area contributed by atoms with Gasteiger partial charge in [-0.25, -0.2) is 0 Å². The van der Waals surface area contributed by atoms with Gasteiger partial charge in [0.05, 0.1) is 0 Å². The average molecular weight is 284 g/mol. The Bertz CT molecular complexity index is 563. The van der Waals surface area contributed by atoms with Crippen molar-refractivity contribution >= 4 is 23.6 Å². The second kappa shape index (κ2) is 5.07. The van der Waals surface area contributed by atoms with E-state index in [0.717, 1.165) is 35.3 Å². The fourth-order valence-corrected chi connectivity index (χ4v) is 5.85. The number of hydrogen-bond acceptors (Lipinski definition) is 2. The molecule has 2 bridgehead atoms. The Kier molecular flexibility index (Phi) is 3.22. The number of fused-ring (bicyclic) bond motifs is 3. The number of carbonyl (C=O) groups excluding carboxylic acids is 1. The zero-order chi connectivity index (χ0) is 13.5. The van der Waals surface area contributed by atoms with E-state index in [1.165, 1.54) is 30.4 Å². The molecule has 0 N–H and O–H groups in total. The molecule has 1 aliphatic carbocycles. The highest BCUT2D eigenvalue weighted by molar-refractivity contribution is 8.00. The number of hydrogen-bond donors (Lipinski definition) is 0. The van der Waals surface area contributed by atoms with Crippen molar-refractivity contribution in [1.29, 1.82) is 0 Å². The monoisotopic (exact) mass is 284 g/mol. The molecule has 4 rings (SSSR count). The summed E-state index contributed by atoms with van der Waals surface area (Å²) in [4.78, 5) is 13.0. The number of thioether (sulfide) groups is 1. The van der Waals surface area contributed by atoms with E-state index >= 15 is 0 Å². The van der Waals surface area contributed by atoms with E-state index in [1.54, 1.807) is 0 Å². The molecule has 1 aromatic rings. The quantitative estimate of drug-likeness (QED) is 0.744. The molecule has 2 heterocycles. The molecule has 1 aromatic carbocycles. The predicted octanol–water partition coefficient (Wildman–Crippen LogP) is 4.50. The van der Waals surface area contributed by atoms with Crippen LogP contribution >= 0.6 is 11.8 Å². The van der Waals surface area contributed by atoms with Gasteiger partial charge in [-0.15, -0.1) is 0 Å². The van der Waals surface area contributed by atoms with Crippen molar-refractivity contribution in [2.24, 2.45) is 5.92 Å². The first-order chi connectivity index (χ1) is 9.81. The fraction of sp³-hybridized carbons (Fsp3) is 0.500. The zero-order valence-corrected chi connectivity index (χ0v) is 12.5. The Morgan fingerprint density at radius 1 is 1.15 bits per heavy atom. The zero-order valence-electron chi connectivity index (χ0n) is 11.7. The molecule has 0 aromatic heterocycles. The van der Waals surface area contributed by atoms with Gasteiger partial charge in [0.25, 0.3) is 0 Å². The molecule has 0 saturated carbocycles. The molecule has 0 amide bonds. The first-order valence-corrected chi connectivity index (χ1v) is 8.73. The lowest BCUT2D eigenvalue weighted by Gasteiger charge is -2.38. The summed E-state index contributed by atoms with van der Waals surface area (Å²) in [6, 6.07) is 6.22. The molecule has 0 spiro atoms. The van der Waals surface area contributed by atoms with Gasteiger partial charge in [-0.3, -0.25) is 4.79 Å². The van der Waals surface area contributed by atoms with Gasteiger partial charge in [-0.2, -0.15) is 11.8 Å². The van der Waals surface area contributed by atoms with Crippen molar-refractivity contribution < 1.29 is 4.79 Å². The summed E-state index contributed by atoms with van der Waals surface area (Å²) < 4.78 is 0. The molecule has 1 nitrogen and oxygen atoms in total. The Morgan fingerprint density at radius 2 is 1.95 bits per heavy atom. The number of carbonyl (C=O) groups is 1. The summed E-state index contributed by atoms with van der Waals surface area (Å²) in [5.41, 5.74) is 3.52. The summed E-state index contributed by atoms with van der Waals surface area (Å²) in [6.07, 6.45) is 11.5. The summed E-state index contributed by atoms with van der Waals surface area (Å²) in [7, 11) is 0. The van der Waals surface area contributed by atoms with Crippen LogP contribution in [0.25, 0.3) is 6.08 Å². The van der Waals surface area contributed by atoms with Gasteiger partial charge in [0, 0.05) is 22.0 Å². The van der Waals surface area contributed by atoms with E-state index < -0.39 is 0 Å². The van der Waals surface area contributed by atoms with Crippen LogP contribution in [0.15, 0.2) is 24.3 Å². The minimum absolute atomic E-state index is 0.277. The highest BCUT2D eigenvalue weighted by atomic mass is 32.2. The second-order valence-electron chi connectivity index (χ2n) is 6.32. The third kappa shape index (κ3) is 2.14. The predicted molar refractivity (Wildman–Crippen MR) is 85.3 cm³/mol. The topological polar surface area (TPSA) is 17.1 Å². The van der Waals surface area contributed by atoms with Crippen LogP contribution in [0.5, 0.6) is 0 Å². The Morgan fingerprint density at radius 3 is 2.75 bits per heavy atom. The van der Waals surface area contributed by atoms with E-state index in [0.29, 0.717) is 5.78 Å². The number of Topliss-reactive ketones (excluding diaryl/α,β-unsaturated/α-hetero) is 1. The third-order valence-electron chi connectivity index (χ3n) is 5.00. The maximum atomic E-state index is 13.0. The van der Waals surface area contributed by atoms with Gasteiger partial charge >= 0.3 is 0 Å². The van der Waals surface area contributed by atoms with E-state index in [9.17, 15) is 4.79 Å². The van der Waals surface area contributed by atoms with Crippen LogP contribution in [-0.4, -0.2) is 16.3 Å². The van der Waals surface area contributed by atoms with Crippen molar-refractivity contribution in [2.45, 2.75) is 49.0 Å². The maximum Gasteiger partial charge on any atom is 0.166 e. The van der Waals surface area contributed by atoms with Crippen LogP contribution in [0.3, 0.4) is 0 Å². The van der Waals surface area contributed by atoms with Gasteiger partial charge in [0.2, 0.25) is 0 Å². The van der Waals surface area contributed by atoms with Crippen molar-refractivity contribution in [3.05, 3.63) is 41.0 Å². The lowest BCUT2D eigenvalue weighted by atomic mass is 9.83. The molecule has 3 aliphatic rings. The molecular weight excluding hydrogens is 264 g/mol. The first kappa shape index (κ1) is 12.7. The first-order valence-electron chi connectivity index (χ1n) is 7.79. The van der Waals surface area contributed by atoms with Crippen LogP contribution in [0, 0.1) is 5.92 Å². The fourth-order valence-electron chi connectivity index (χ4n) is 4.02. The van der Waals surface area contributed by atoms with Crippen LogP contribution in [-0.2, 0) is 6.42 Å². The number of rotatable bonds is 2. The Labute approximate surface area is 124 Å². The average Bonchev–Trinajstić information content (AvgIpc) is 2.94. The molecule has 2 heteroatoms. The van der Waals surface area contributed by atoms with Crippen molar-refractivity contribution in [3.8, 4) is 0 Å². The second-order valence-corrected chi connectivity index (χ2v) is 7.93. The van der Waals surface area contributed by atoms with E-state index in [2.05, 4.69) is 30.0 Å². The molecular formula is C18H20OS. The summed E-state index contributed by atoms with van der Waals surface area (Å²) >= 11 is 2.15. The molecule has 104 valence electrons.